The summed E-state index contributed by atoms with van der Waals surface area (Å²) in [5, 5.41) is 0. The highest BCUT2D eigenvalue weighted by atomic mass is 79.9. The van der Waals surface area contributed by atoms with Gasteiger partial charge in [-0.05, 0) is 32.0 Å². The maximum absolute atomic E-state index is 12.6. The second kappa shape index (κ2) is 6.64. The SMILES string of the molecule is CC(C)N1CCOC(CS(=O)(=O)c2cc(Br)ccc2N)C1. The Bertz CT molecular complexity index is 604. The molecule has 1 fully saturated rings. The zero-order valence-corrected chi connectivity index (χ0v) is 14.7. The fourth-order valence-corrected chi connectivity index (χ4v) is 4.54. The van der Waals surface area contributed by atoms with Crippen molar-refractivity contribution in [1.82, 2.24) is 4.90 Å². The number of hydrogen-bond acceptors (Lipinski definition) is 5. The first kappa shape index (κ1) is 16.7. The molecule has 1 saturated heterocycles. The summed E-state index contributed by atoms with van der Waals surface area (Å²) in [6, 6.07) is 5.26. The molecule has 0 aliphatic carbocycles. The second-order valence-electron chi connectivity index (χ2n) is 5.55. The number of morpholine rings is 1. The third-order valence-electron chi connectivity index (χ3n) is 3.62. The summed E-state index contributed by atoms with van der Waals surface area (Å²) in [6.45, 7) is 6.23. The van der Waals surface area contributed by atoms with Gasteiger partial charge < -0.3 is 10.5 Å². The molecule has 0 bridgehead atoms. The van der Waals surface area contributed by atoms with Crippen LogP contribution in [0.25, 0.3) is 0 Å². The molecule has 2 N–H and O–H groups in total. The number of nitrogens with two attached hydrogens (primary N) is 1. The normalized spacial score (nSPS) is 20.9. The van der Waals surface area contributed by atoms with Crippen LogP contribution in [0.5, 0.6) is 0 Å². The van der Waals surface area contributed by atoms with Gasteiger partial charge in [0.2, 0.25) is 0 Å². The highest BCUT2D eigenvalue weighted by molar-refractivity contribution is 9.10. The molecule has 1 heterocycles. The van der Waals surface area contributed by atoms with Crippen LogP contribution in [0.4, 0.5) is 5.69 Å². The van der Waals surface area contributed by atoms with Gasteiger partial charge in [0.15, 0.2) is 9.84 Å². The number of rotatable bonds is 4. The van der Waals surface area contributed by atoms with E-state index < -0.39 is 9.84 Å². The molecule has 1 aliphatic rings. The first-order chi connectivity index (χ1) is 9.79. The van der Waals surface area contributed by atoms with Crippen LogP contribution in [0.15, 0.2) is 27.6 Å². The maximum atomic E-state index is 12.6. The summed E-state index contributed by atoms with van der Waals surface area (Å²) >= 11 is 3.28. The average molecular weight is 377 g/mol. The molecule has 0 amide bonds. The van der Waals surface area contributed by atoms with Gasteiger partial charge in [-0.2, -0.15) is 0 Å². The number of ether oxygens (including phenoxy) is 1. The highest BCUT2D eigenvalue weighted by Gasteiger charge is 2.29. The van der Waals surface area contributed by atoms with E-state index in [-0.39, 0.29) is 22.4 Å². The summed E-state index contributed by atoms with van der Waals surface area (Å²) in [6.07, 6.45) is -0.315. The Labute approximate surface area is 134 Å². The molecule has 0 aromatic heterocycles. The monoisotopic (exact) mass is 376 g/mol. The van der Waals surface area contributed by atoms with Crippen LogP contribution >= 0.6 is 15.9 Å². The molecule has 21 heavy (non-hydrogen) atoms. The quantitative estimate of drug-likeness (QED) is 0.812. The molecule has 1 aromatic rings. The van der Waals surface area contributed by atoms with E-state index in [4.69, 9.17) is 10.5 Å². The van der Waals surface area contributed by atoms with Gasteiger partial charge in [-0.15, -0.1) is 0 Å². The van der Waals surface area contributed by atoms with Gasteiger partial charge in [-0.1, -0.05) is 15.9 Å². The first-order valence-electron chi connectivity index (χ1n) is 6.93. The van der Waals surface area contributed by atoms with Gasteiger partial charge in [-0.3, -0.25) is 4.90 Å². The van der Waals surface area contributed by atoms with Crippen LogP contribution in [0.2, 0.25) is 0 Å². The number of halogens is 1. The van der Waals surface area contributed by atoms with Crippen molar-refractivity contribution in [2.24, 2.45) is 0 Å². The Morgan fingerprint density at radius 3 is 2.86 bits per heavy atom. The molecule has 1 aromatic carbocycles. The highest BCUT2D eigenvalue weighted by Crippen LogP contribution is 2.25. The van der Waals surface area contributed by atoms with Crippen molar-refractivity contribution < 1.29 is 13.2 Å². The molecule has 118 valence electrons. The third kappa shape index (κ3) is 4.18. The van der Waals surface area contributed by atoms with E-state index >= 15 is 0 Å². The Morgan fingerprint density at radius 1 is 1.48 bits per heavy atom. The molecule has 7 heteroatoms. The van der Waals surface area contributed by atoms with E-state index in [0.717, 1.165) is 6.54 Å². The van der Waals surface area contributed by atoms with Crippen LogP contribution in [0.3, 0.4) is 0 Å². The lowest BCUT2D eigenvalue weighted by molar-refractivity contribution is -0.0272. The van der Waals surface area contributed by atoms with Crippen molar-refractivity contribution in [3.05, 3.63) is 22.7 Å². The maximum Gasteiger partial charge on any atom is 0.183 e. The predicted molar refractivity (Wildman–Crippen MR) is 87.1 cm³/mol. The smallest absolute Gasteiger partial charge is 0.183 e. The molecule has 2 rings (SSSR count). The zero-order chi connectivity index (χ0) is 15.6. The van der Waals surface area contributed by atoms with Gasteiger partial charge >= 0.3 is 0 Å². The average Bonchev–Trinajstić information content (AvgIpc) is 2.41. The largest absolute Gasteiger partial charge is 0.398 e. The van der Waals surface area contributed by atoms with Gasteiger partial charge in [0, 0.05) is 23.6 Å². The Hall–Kier alpha value is -0.630. The summed E-state index contributed by atoms with van der Waals surface area (Å²) in [7, 11) is -3.47. The van der Waals surface area contributed by atoms with Crippen molar-refractivity contribution in [3.63, 3.8) is 0 Å². The van der Waals surface area contributed by atoms with E-state index in [1.807, 2.05) is 0 Å². The standard InChI is InChI=1S/C14H21BrN2O3S/c1-10(2)17-5-6-20-12(8-17)9-21(18,19)14-7-11(15)3-4-13(14)16/h3-4,7,10,12H,5-6,8-9,16H2,1-2H3. The topological polar surface area (TPSA) is 72.6 Å². The molecule has 0 spiro atoms. The summed E-state index contributed by atoms with van der Waals surface area (Å²) in [5.41, 5.74) is 6.08. The number of nitrogen functional groups attached to an aromatic ring is 1. The minimum absolute atomic E-state index is 0.0448. The molecule has 5 nitrogen and oxygen atoms in total. The number of hydrogen-bond donors (Lipinski definition) is 1. The third-order valence-corrected chi connectivity index (χ3v) is 5.94. The van der Waals surface area contributed by atoms with E-state index in [9.17, 15) is 8.42 Å². The Balaban J connectivity index is 2.15. The lowest BCUT2D eigenvalue weighted by Crippen LogP contribution is -2.48. The summed E-state index contributed by atoms with van der Waals surface area (Å²) in [4.78, 5) is 2.40. The van der Waals surface area contributed by atoms with Gasteiger partial charge in [0.25, 0.3) is 0 Å². The minimum Gasteiger partial charge on any atom is -0.398 e. The van der Waals surface area contributed by atoms with Crippen LogP contribution in [0.1, 0.15) is 13.8 Å². The zero-order valence-electron chi connectivity index (χ0n) is 12.3. The fourth-order valence-electron chi connectivity index (χ4n) is 2.42. The predicted octanol–water partition coefficient (Wildman–Crippen LogP) is 1.91. The van der Waals surface area contributed by atoms with Crippen LogP contribution < -0.4 is 5.73 Å². The summed E-state index contributed by atoms with van der Waals surface area (Å²) < 4.78 is 31.4. The Kier molecular flexibility index (Phi) is 5.29. The molecule has 0 saturated carbocycles. The van der Waals surface area contributed by atoms with Gasteiger partial charge in [0.05, 0.1) is 29.0 Å². The van der Waals surface area contributed by atoms with Gasteiger partial charge in [-0.25, -0.2) is 8.42 Å². The van der Waals surface area contributed by atoms with Crippen LogP contribution in [-0.2, 0) is 14.6 Å². The van der Waals surface area contributed by atoms with Crippen LogP contribution in [-0.4, -0.2) is 50.9 Å². The Morgan fingerprint density at radius 2 is 2.19 bits per heavy atom. The van der Waals surface area contributed by atoms with Crippen LogP contribution in [0, 0.1) is 0 Å². The van der Waals surface area contributed by atoms with Crippen molar-refractivity contribution in [2.75, 3.05) is 31.2 Å². The molecular weight excluding hydrogens is 356 g/mol. The number of anilines is 1. The number of sulfone groups is 1. The van der Waals surface area contributed by atoms with E-state index in [0.29, 0.717) is 23.7 Å². The summed E-state index contributed by atoms with van der Waals surface area (Å²) in [5.74, 6) is -0.0448. The van der Waals surface area contributed by atoms with E-state index in [1.165, 1.54) is 0 Å². The minimum atomic E-state index is -3.47. The molecule has 1 unspecified atom stereocenters. The second-order valence-corrected chi connectivity index (χ2v) is 8.46. The first-order valence-corrected chi connectivity index (χ1v) is 9.37. The molecule has 0 radical (unpaired) electrons. The fraction of sp³-hybridized carbons (Fsp3) is 0.571. The molecule has 1 aliphatic heterocycles. The lowest BCUT2D eigenvalue weighted by atomic mass is 10.2. The van der Waals surface area contributed by atoms with Crippen molar-refractivity contribution in [3.8, 4) is 0 Å². The van der Waals surface area contributed by atoms with Crippen molar-refractivity contribution in [2.45, 2.75) is 30.9 Å². The molecular formula is C14H21BrN2O3S. The van der Waals surface area contributed by atoms with E-state index in [1.54, 1.807) is 18.2 Å². The lowest BCUT2D eigenvalue weighted by Gasteiger charge is -2.35. The van der Waals surface area contributed by atoms with Crippen molar-refractivity contribution >= 4 is 31.5 Å². The number of benzene rings is 1. The van der Waals surface area contributed by atoms with E-state index in [2.05, 4.69) is 34.7 Å². The van der Waals surface area contributed by atoms with Gasteiger partial charge in [0.1, 0.15) is 0 Å². The number of nitrogens with zero attached hydrogens (tertiary/aromatic N) is 1. The molecule has 1 atom stereocenters. The van der Waals surface area contributed by atoms with Crippen molar-refractivity contribution in [1.29, 1.82) is 0 Å².